The molecule has 124 valence electrons. The number of amides is 1. The molecule has 0 unspecified atom stereocenters. The molecule has 2 aromatic heterocycles. The van der Waals surface area contributed by atoms with Gasteiger partial charge in [-0.1, -0.05) is 23.9 Å². The number of hydrogen-bond acceptors (Lipinski definition) is 5. The van der Waals surface area contributed by atoms with Gasteiger partial charge in [0.1, 0.15) is 17.9 Å². The monoisotopic (exact) mass is 346 g/mol. The van der Waals surface area contributed by atoms with Crippen LogP contribution in [0.15, 0.2) is 58.6 Å². The Morgan fingerprint density at radius 3 is 2.88 bits per heavy atom. The Morgan fingerprint density at radius 2 is 2.12 bits per heavy atom. The van der Waals surface area contributed by atoms with Crippen molar-refractivity contribution in [2.75, 3.05) is 5.75 Å². The minimum Gasteiger partial charge on any atom is -0.467 e. The largest absolute Gasteiger partial charge is 0.467 e. The lowest BCUT2D eigenvalue weighted by molar-refractivity contribution is -0.118. The van der Waals surface area contributed by atoms with E-state index in [0.717, 1.165) is 11.3 Å². The molecule has 0 spiro atoms. The summed E-state index contributed by atoms with van der Waals surface area (Å²) in [5.74, 6) is 0.587. The second-order valence-corrected chi connectivity index (χ2v) is 5.96. The van der Waals surface area contributed by atoms with Crippen LogP contribution >= 0.6 is 11.8 Å². The summed E-state index contributed by atoms with van der Waals surface area (Å²) in [7, 11) is 0. The fraction of sp³-hybridized carbons (Fsp3) is 0.188. The van der Waals surface area contributed by atoms with Gasteiger partial charge in [0.25, 0.3) is 0 Å². The van der Waals surface area contributed by atoms with Gasteiger partial charge < -0.3 is 14.3 Å². The van der Waals surface area contributed by atoms with Crippen molar-refractivity contribution in [2.24, 2.45) is 0 Å². The van der Waals surface area contributed by atoms with E-state index in [0.29, 0.717) is 18.2 Å². The predicted octanol–water partition coefficient (Wildman–Crippen LogP) is 2.47. The Hall–Kier alpha value is -2.61. The Balaban J connectivity index is 1.48. The summed E-state index contributed by atoms with van der Waals surface area (Å²) in [6.07, 6.45) is 3.21. The van der Waals surface area contributed by atoms with Crippen molar-refractivity contribution >= 4 is 17.7 Å². The number of furan rings is 1. The van der Waals surface area contributed by atoms with Gasteiger partial charge in [-0.15, -0.1) is 10.2 Å². The summed E-state index contributed by atoms with van der Waals surface area (Å²) >= 11 is 1.30. The van der Waals surface area contributed by atoms with Gasteiger partial charge in [0.2, 0.25) is 5.91 Å². The van der Waals surface area contributed by atoms with Crippen LogP contribution in [-0.4, -0.2) is 26.4 Å². The van der Waals surface area contributed by atoms with Gasteiger partial charge in [0, 0.05) is 6.54 Å². The third-order valence-electron chi connectivity index (χ3n) is 3.22. The number of benzene rings is 1. The van der Waals surface area contributed by atoms with E-state index in [1.165, 1.54) is 23.9 Å². The normalized spacial score (nSPS) is 10.7. The fourth-order valence-corrected chi connectivity index (χ4v) is 2.76. The molecular formula is C16H15FN4O2S. The van der Waals surface area contributed by atoms with Crippen LogP contribution in [-0.2, 0) is 17.9 Å². The number of rotatable bonds is 7. The number of nitrogens with one attached hydrogen (secondary N) is 1. The zero-order chi connectivity index (χ0) is 16.8. The summed E-state index contributed by atoms with van der Waals surface area (Å²) in [6.45, 7) is 0.873. The molecule has 0 aliphatic carbocycles. The smallest absolute Gasteiger partial charge is 0.230 e. The predicted molar refractivity (Wildman–Crippen MR) is 86.8 cm³/mol. The van der Waals surface area contributed by atoms with Crippen molar-refractivity contribution in [1.82, 2.24) is 20.1 Å². The van der Waals surface area contributed by atoms with Crippen LogP contribution < -0.4 is 5.32 Å². The van der Waals surface area contributed by atoms with Crippen LogP contribution in [0.25, 0.3) is 0 Å². The summed E-state index contributed by atoms with van der Waals surface area (Å²) in [5.41, 5.74) is 0.843. The van der Waals surface area contributed by atoms with Gasteiger partial charge in [0.05, 0.1) is 18.6 Å². The number of hydrogen-bond donors (Lipinski definition) is 1. The zero-order valence-corrected chi connectivity index (χ0v) is 13.5. The Labute approximate surface area is 142 Å². The summed E-state index contributed by atoms with van der Waals surface area (Å²) < 4.78 is 19.9. The van der Waals surface area contributed by atoms with Crippen molar-refractivity contribution in [1.29, 1.82) is 0 Å². The third kappa shape index (κ3) is 4.45. The van der Waals surface area contributed by atoms with E-state index >= 15 is 0 Å². The second-order valence-electron chi connectivity index (χ2n) is 5.01. The quantitative estimate of drug-likeness (QED) is 0.665. The Bertz CT molecular complexity index is 787. The van der Waals surface area contributed by atoms with Crippen LogP contribution in [0.2, 0.25) is 0 Å². The molecule has 3 rings (SSSR count). The third-order valence-corrected chi connectivity index (χ3v) is 4.20. The summed E-state index contributed by atoms with van der Waals surface area (Å²) in [4.78, 5) is 11.9. The molecule has 2 heterocycles. The highest BCUT2D eigenvalue weighted by molar-refractivity contribution is 7.99. The van der Waals surface area contributed by atoms with Gasteiger partial charge >= 0.3 is 0 Å². The van der Waals surface area contributed by atoms with Gasteiger partial charge in [0.15, 0.2) is 5.16 Å². The molecule has 0 aliphatic heterocycles. The number of carbonyl (C=O) groups excluding carboxylic acids is 1. The maximum Gasteiger partial charge on any atom is 0.230 e. The van der Waals surface area contributed by atoms with E-state index in [1.54, 1.807) is 24.7 Å². The number of nitrogens with zero attached hydrogens (tertiary/aromatic N) is 3. The van der Waals surface area contributed by atoms with Crippen LogP contribution in [0.3, 0.4) is 0 Å². The molecule has 0 saturated heterocycles. The number of halogens is 1. The SMILES string of the molecule is O=C(CSc1nncn1Cc1ccco1)NCc1ccc(F)cc1. The average molecular weight is 346 g/mol. The Morgan fingerprint density at radius 1 is 1.29 bits per heavy atom. The fourth-order valence-electron chi connectivity index (χ4n) is 2.02. The molecule has 1 N–H and O–H groups in total. The molecule has 0 aliphatic rings. The van der Waals surface area contributed by atoms with Crippen LogP contribution in [0, 0.1) is 5.82 Å². The van der Waals surface area contributed by atoms with Crippen molar-refractivity contribution in [3.63, 3.8) is 0 Å². The molecular weight excluding hydrogens is 331 g/mol. The lowest BCUT2D eigenvalue weighted by Crippen LogP contribution is -2.24. The first-order valence-corrected chi connectivity index (χ1v) is 8.23. The minimum absolute atomic E-state index is 0.128. The molecule has 8 heteroatoms. The van der Waals surface area contributed by atoms with E-state index < -0.39 is 0 Å². The van der Waals surface area contributed by atoms with Crippen molar-refractivity contribution < 1.29 is 13.6 Å². The molecule has 1 amide bonds. The van der Waals surface area contributed by atoms with Crippen LogP contribution in [0.5, 0.6) is 0 Å². The maximum absolute atomic E-state index is 12.8. The van der Waals surface area contributed by atoms with Crippen molar-refractivity contribution in [3.8, 4) is 0 Å². The molecule has 1 aromatic carbocycles. The summed E-state index contributed by atoms with van der Waals surface area (Å²) in [6, 6.07) is 9.70. The highest BCUT2D eigenvalue weighted by Crippen LogP contribution is 2.16. The molecule has 0 saturated carbocycles. The molecule has 0 bridgehead atoms. The minimum atomic E-state index is -0.295. The lowest BCUT2D eigenvalue weighted by Gasteiger charge is -2.06. The zero-order valence-electron chi connectivity index (χ0n) is 12.7. The van der Waals surface area contributed by atoms with Crippen molar-refractivity contribution in [2.45, 2.75) is 18.2 Å². The van der Waals surface area contributed by atoms with Gasteiger partial charge in [-0.05, 0) is 29.8 Å². The van der Waals surface area contributed by atoms with Crippen LogP contribution in [0.4, 0.5) is 4.39 Å². The van der Waals surface area contributed by atoms with Crippen LogP contribution in [0.1, 0.15) is 11.3 Å². The first kappa shape index (κ1) is 16.3. The van der Waals surface area contributed by atoms with Gasteiger partial charge in [-0.2, -0.15) is 0 Å². The van der Waals surface area contributed by atoms with E-state index in [9.17, 15) is 9.18 Å². The maximum atomic E-state index is 12.8. The summed E-state index contributed by atoms with van der Waals surface area (Å²) in [5, 5.41) is 11.3. The molecule has 0 radical (unpaired) electrons. The molecule has 6 nitrogen and oxygen atoms in total. The van der Waals surface area contributed by atoms with E-state index in [-0.39, 0.29) is 17.5 Å². The van der Waals surface area contributed by atoms with Gasteiger partial charge in [-0.3, -0.25) is 4.79 Å². The van der Waals surface area contributed by atoms with Crippen molar-refractivity contribution in [3.05, 3.63) is 66.1 Å². The molecule has 24 heavy (non-hydrogen) atoms. The topological polar surface area (TPSA) is 73.0 Å². The van der Waals surface area contributed by atoms with E-state index in [4.69, 9.17) is 4.42 Å². The molecule has 3 aromatic rings. The first-order chi connectivity index (χ1) is 11.7. The highest BCUT2D eigenvalue weighted by atomic mass is 32.2. The first-order valence-electron chi connectivity index (χ1n) is 7.25. The molecule has 0 fully saturated rings. The average Bonchev–Trinajstić information content (AvgIpc) is 3.25. The van der Waals surface area contributed by atoms with E-state index in [2.05, 4.69) is 15.5 Å². The van der Waals surface area contributed by atoms with E-state index in [1.807, 2.05) is 16.7 Å². The number of carbonyl (C=O) groups is 1. The highest BCUT2D eigenvalue weighted by Gasteiger charge is 2.10. The Kier molecular flexibility index (Phi) is 5.27. The number of aromatic nitrogens is 3. The van der Waals surface area contributed by atoms with Gasteiger partial charge in [-0.25, -0.2) is 4.39 Å². The number of thioether (sulfide) groups is 1. The molecule has 0 atom stereocenters. The lowest BCUT2D eigenvalue weighted by atomic mass is 10.2. The standard InChI is InChI=1S/C16H15FN4O2S/c17-13-5-3-12(4-6-13)8-18-15(22)10-24-16-20-19-11-21(16)9-14-2-1-7-23-14/h1-7,11H,8-10H2,(H,18,22). The second kappa shape index (κ2) is 7.78.